The number of aromatic nitrogens is 3. The number of aromatic hydroxyl groups is 1. The van der Waals surface area contributed by atoms with Gasteiger partial charge in [0.2, 0.25) is 5.88 Å². The van der Waals surface area contributed by atoms with E-state index in [1.165, 1.54) is 10.6 Å². The van der Waals surface area contributed by atoms with E-state index in [-0.39, 0.29) is 28.5 Å². The van der Waals surface area contributed by atoms with Gasteiger partial charge in [-0.25, -0.2) is 4.79 Å². The number of fused-ring (bicyclic) bond motifs is 1. The largest absolute Gasteiger partial charge is 0.494 e. The molecule has 5 N–H and O–H groups in total. The maximum Gasteiger partial charge on any atom is 0.317 e. The summed E-state index contributed by atoms with van der Waals surface area (Å²) in [5.41, 5.74) is 4.07. The number of hydrogen-bond acceptors (Lipinski definition) is 6. The molecule has 11 heteroatoms. The third-order valence-corrected chi connectivity index (χ3v) is 5.48. The van der Waals surface area contributed by atoms with E-state index in [2.05, 4.69) is 22.7 Å². The van der Waals surface area contributed by atoms with Crippen molar-refractivity contribution in [1.29, 1.82) is 0 Å². The molecule has 29 heavy (non-hydrogen) atoms. The molecule has 1 saturated heterocycles. The van der Waals surface area contributed by atoms with Gasteiger partial charge in [0.25, 0.3) is 11.5 Å². The van der Waals surface area contributed by atoms with Crippen molar-refractivity contribution in [1.82, 2.24) is 19.5 Å². The average Bonchev–Trinajstić information content (AvgIpc) is 3.36. The van der Waals surface area contributed by atoms with Crippen LogP contribution in [-0.4, -0.2) is 50.5 Å². The minimum atomic E-state index is -0.834. The van der Waals surface area contributed by atoms with Gasteiger partial charge in [0.1, 0.15) is 5.65 Å². The van der Waals surface area contributed by atoms with Crippen molar-refractivity contribution in [2.24, 2.45) is 11.1 Å². The highest BCUT2D eigenvalue weighted by Crippen LogP contribution is 2.34. The van der Waals surface area contributed by atoms with Gasteiger partial charge in [-0.05, 0) is 31.1 Å². The van der Waals surface area contributed by atoms with Gasteiger partial charge < -0.3 is 20.9 Å². The zero-order chi connectivity index (χ0) is 20.8. The van der Waals surface area contributed by atoms with Crippen LogP contribution in [0.1, 0.15) is 43.0 Å². The van der Waals surface area contributed by atoms with E-state index in [1.807, 2.05) is 0 Å². The van der Waals surface area contributed by atoms with Crippen LogP contribution >= 0.6 is 0 Å². The van der Waals surface area contributed by atoms with Crippen LogP contribution in [0.4, 0.5) is 10.6 Å². The van der Waals surface area contributed by atoms with Crippen LogP contribution in [0.5, 0.6) is 5.88 Å². The molecule has 0 aromatic carbocycles. The number of nitrogens with two attached hydrogens (primary N) is 1. The van der Waals surface area contributed by atoms with Crippen LogP contribution in [0.3, 0.4) is 0 Å². The molecule has 1 aliphatic carbocycles. The number of hydrogen-bond donors (Lipinski definition) is 4. The first-order valence-corrected chi connectivity index (χ1v) is 9.58. The molecule has 4 rings (SSSR count). The zero-order valence-corrected chi connectivity index (χ0v) is 16.1. The number of urea groups is 1. The predicted octanol–water partition coefficient (Wildman–Crippen LogP) is 0.401. The molecule has 3 heterocycles. The Morgan fingerprint density at radius 2 is 2.07 bits per heavy atom. The molecule has 11 nitrogen and oxygen atoms in total. The van der Waals surface area contributed by atoms with E-state index in [4.69, 9.17) is 10.5 Å². The van der Waals surface area contributed by atoms with Gasteiger partial charge >= 0.3 is 6.03 Å². The number of nitrogens with zero attached hydrogens (tertiary/aromatic N) is 3. The van der Waals surface area contributed by atoms with Crippen LogP contribution in [0.25, 0.3) is 5.65 Å². The molecule has 1 aliphatic heterocycles. The number of amides is 3. The van der Waals surface area contributed by atoms with Gasteiger partial charge in [-0.2, -0.15) is 4.52 Å². The molecule has 156 valence electrons. The molecule has 2 aromatic heterocycles. The fourth-order valence-corrected chi connectivity index (χ4v) is 3.59. The van der Waals surface area contributed by atoms with Crippen molar-refractivity contribution < 1.29 is 19.4 Å². The number of nitrogens with one attached hydrogen (secondary N) is 2. The topological polar surface area (TPSA) is 153 Å². The van der Waals surface area contributed by atoms with E-state index in [0.717, 1.165) is 30.2 Å². The number of rotatable bonds is 5. The van der Waals surface area contributed by atoms with Crippen molar-refractivity contribution >= 4 is 23.4 Å². The lowest BCUT2D eigenvalue weighted by Gasteiger charge is -2.34. The highest BCUT2D eigenvalue weighted by atomic mass is 16.5. The lowest BCUT2D eigenvalue weighted by molar-refractivity contribution is 0.0149. The molecule has 0 spiro atoms. The monoisotopic (exact) mass is 404 g/mol. The molecule has 0 atom stereocenters. The van der Waals surface area contributed by atoms with Crippen LogP contribution < -0.4 is 21.9 Å². The summed E-state index contributed by atoms with van der Waals surface area (Å²) in [5, 5.41) is 20.0. The Hall–Kier alpha value is -3.08. The molecule has 2 aliphatic rings. The molecule has 0 unspecified atom stereocenters. The summed E-state index contributed by atoms with van der Waals surface area (Å²) in [7, 11) is 0. The normalized spacial score (nSPS) is 18.5. The number of carbonyl (C=O) groups is 2. The second-order valence-electron chi connectivity index (χ2n) is 8.05. The summed E-state index contributed by atoms with van der Waals surface area (Å²) in [6.45, 7) is 3.59. The minimum absolute atomic E-state index is 0.0168. The molecular weight excluding hydrogens is 380 g/mol. The molecule has 2 fully saturated rings. The first-order valence-electron chi connectivity index (χ1n) is 9.58. The van der Waals surface area contributed by atoms with E-state index < -0.39 is 23.4 Å². The third-order valence-electron chi connectivity index (χ3n) is 5.48. The van der Waals surface area contributed by atoms with Crippen molar-refractivity contribution in [3.05, 3.63) is 22.0 Å². The second kappa shape index (κ2) is 7.07. The van der Waals surface area contributed by atoms with Gasteiger partial charge in [0.15, 0.2) is 11.4 Å². The molecule has 0 radical (unpaired) electrons. The third kappa shape index (κ3) is 3.77. The van der Waals surface area contributed by atoms with Gasteiger partial charge in [-0.3, -0.25) is 19.5 Å². The molecular formula is C18H24N6O5. The standard InChI is InChI=1S/C18H24N6O5/c1-18(4-6-29-7-5-18)9-23-12-8-11(21-17(19)28)22-24(12)16(27)13(15(23)26)14(25)20-10-2-3-10/h8,10,26H,2-7,9H2,1H3,(H,20,25)(H3,19,21,22,28). The average molecular weight is 404 g/mol. The fourth-order valence-electron chi connectivity index (χ4n) is 3.59. The summed E-state index contributed by atoms with van der Waals surface area (Å²) in [6, 6.07) is 0.625. The lowest BCUT2D eigenvalue weighted by Crippen LogP contribution is -2.36. The number of carbonyl (C=O) groups excluding carboxylic acids is 2. The Kier molecular flexibility index (Phi) is 4.69. The smallest absolute Gasteiger partial charge is 0.317 e. The summed E-state index contributed by atoms with van der Waals surface area (Å²) in [6.07, 6.45) is 3.20. The van der Waals surface area contributed by atoms with Crippen molar-refractivity contribution in [2.45, 2.75) is 45.2 Å². The summed E-state index contributed by atoms with van der Waals surface area (Å²) in [5.74, 6) is -0.999. The lowest BCUT2D eigenvalue weighted by atomic mass is 9.82. The SMILES string of the molecule is CC1(Cn2c(O)c(C(=O)NC3CC3)c(=O)n3nc(NC(N)=O)cc23)CCOCC1. The maximum absolute atomic E-state index is 12.9. The van der Waals surface area contributed by atoms with Gasteiger partial charge in [0.05, 0.1) is 0 Å². The molecule has 1 saturated carbocycles. The van der Waals surface area contributed by atoms with Crippen molar-refractivity contribution in [3.63, 3.8) is 0 Å². The number of primary amides is 1. The van der Waals surface area contributed by atoms with E-state index in [9.17, 15) is 19.5 Å². The highest BCUT2D eigenvalue weighted by Gasteiger charge is 2.33. The summed E-state index contributed by atoms with van der Waals surface area (Å²) >= 11 is 0. The Bertz CT molecular complexity index is 1030. The van der Waals surface area contributed by atoms with Crippen LogP contribution in [0.2, 0.25) is 0 Å². The molecule has 0 bridgehead atoms. The Morgan fingerprint density at radius 1 is 1.38 bits per heavy atom. The molecule has 3 amide bonds. The van der Waals surface area contributed by atoms with Crippen LogP contribution in [0, 0.1) is 5.41 Å². The van der Waals surface area contributed by atoms with Gasteiger partial charge in [0, 0.05) is 31.9 Å². The van der Waals surface area contributed by atoms with E-state index >= 15 is 0 Å². The number of anilines is 1. The summed E-state index contributed by atoms with van der Waals surface area (Å²) in [4.78, 5) is 36.8. The van der Waals surface area contributed by atoms with Gasteiger partial charge in [-0.15, -0.1) is 5.10 Å². The maximum atomic E-state index is 12.9. The van der Waals surface area contributed by atoms with E-state index in [1.54, 1.807) is 0 Å². The first kappa shape index (κ1) is 19.2. The fraction of sp³-hybridized carbons (Fsp3) is 0.556. The quantitative estimate of drug-likeness (QED) is 0.566. The Labute approximate surface area is 165 Å². The first-order chi connectivity index (χ1) is 13.8. The Morgan fingerprint density at radius 3 is 2.69 bits per heavy atom. The van der Waals surface area contributed by atoms with Crippen molar-refractivity contribution in [3.8, 4) is 5.88 Å². The van der Waals surface area contributed by atoms with Crippen molar-refractivity contribution in [2.75, 3.05) is 18.5 Å². The van der Waals surface area contributed by atoms with Crippen LogP contribution in [0.15, 0.2) is 10.9 Å². The van der Waals surface area contributed by atoms with E-state index in [0.29, 0.717) is 19.8 Å². The van der Waals surface area contributed by atoms with Gasteiger partial charge in [-0.1, -0.05) is 6.92 Å². The Balaban J connectivity index is 1.85. The minimum Gasteiger partial charge on any atom is -0.494 e. The zero-order valence-electron chi connectivity index (χ0n) is 16.1. The second-order valence-corrected chi connectivity index (χ2v) is 8.05. The summed E-state index contributed by atoms with van der Waals surface area (Å²) < 4.78 is 7.94. The molecule has 2 aromatic rings. The predicted molar refractivity (Wildman–Crippen MR) is 103 cm³/mol. The number of ether oxygens (including phenoxy) is 1. The highest BCUT2D eigenvalue weighted by molar-refractivity contribution is 5.96. The van der Waals surface area contributed by atoms with Crippen LogP contribution in [-0.2, 0) is 11.3 Å².